The predicted molar refractivity (Wildman–Crippen MR) is 114 cm³/mol. The molecule has 1 heterocycles. The number of halogens is 1. The highest BCUT2D eigenvalue weighted by molar-refractivity contribution is 7.92. The van der Waals surface area contributed by atoms with E-state index in [1.807, 2.05) is 30.5 Å². The highest BCUT2D eigenvalue weighted by atomic mass is 35.5. The van der Waals surface area contributed by atoms with Gasteiger partial charge in [-0.2, -0.15) is 5.26 Å². The van der Waals surface area contributed by atoms with E-state index < -0.39 is 10.0 Å². The van der Waals surface area contributed by atoms with Crippen LogP contribution < -0.4 is 10.5 Å². The van der Waals surface area contributed by atoms with E-state index in [0.717, 1.165) is 23.2 Å². The van der Waals surface area contributed by atoms with Crippen LogP contribution in [-0.2, 0) is 10.0 Å². The molecule has 1 aliphatic carbocycles. The highest BCUT2D eigenvalue weighted by Gasteiger charge is 2.34. The second-order valence-corrected chi connectivity index (χ2v) is 8.43. The van der Waals surface area contributed by atoms with Crippen LogP contribution in [0.3, 0.4) is 0 Å². The van der Waals surface area contributed by atoms with Gasteiger partial charge in [-0.1, -0.05) is 30.3 Å². The molecule has 0 saturated heterocycles. The van der Waals surface area contributed by atoms with Gasteiger partial charge in [-0.15, -0.1) is 12.4 Å². The van der Waals surface area contributed by atoms with Crippen LogP contribution in [0, 0.1) is 11.3 Å². The maximum Gasteiger partial charge on any atom is 0.263 e. The molecule has 1 saturated carbocycles. The van der Waals surface area contributed by atoms with Gasteiger partial charge in [0.05, 0.1) is 11.3 Å². The van der Waals surface area contributed by atoms with Crippen LogP contribution in [0.25, 0.3) is 11.3 Å². The molecule has 1 fully saturated rings. The molecule has 1 aromatic heterocycles. The summed E-state index contributed by atoms with van der Waals surface area (Å²) in [4.78, 5) is 4.44. The van der Waals surface area contributed by atoms with Gasteiger partial charge in [0.2, 0.25) is 0 Å². The lowest BCUT2D eigenvalue weighted by atomic mass is 10.1. The number of nitrogens with two attached hydrogens (primary N) is 1. The van der Waals surface area contributed by atoms with E-state index in [9.17, 15) is 8.42 Å². The lowest BCUT2D eigenvalue weighted by Gasteiger charge is -2.11. The first kappa shape index (κ1) is 20.8. The van der Waals surface area contributed by atoms with Crippen LogP contribution in [-0.4, -0.2) is 19.4 Å². The van der Waals surface area contributed by atoms with Gasteiger partial charge in [0.25, 0.3) is 10.0 Å². The molecule has 8 heteroatoms. The lowest BCUT2D eigenvalue weighted by Crippen LogP contribution is -2.14. The molecule has 0 unspecified atom stereocenters. The number of nitrogens with zero attached hydrogens (tertiary/aromatic N) is 2. The van der Waals surface area contributed by atoms with E-state index in [1.54, 1.807) is 30.3 Å². The Morgan fingerprint density at radius 3 is 2.52 bits per heavy atom. The average molecular weight is 427 g/mol. The molecule has 0 amide bonds. The number of nitrogens with one attached hydrogen (secondary N) is 1. The first-order valence-corrected chi connectivity index (χ1v) is 10.3. The van der Waals surface area contributed by atoms with E-state index in [2.05, 4.69) is 9.71 Å². The number of hydrogen-bond acceptors (Lipinski definition) is 5. The Bertz CT molecular complexity index is 1170. The van der Waals surface area contributed by atoms with Crippen LogP contribution in [0.4, 0.5) is 5.69 Å². The van der Waals surface area contributed by atoms with Crippen molar-refractivity contribution >= 4 is 28.1 Å². The third-order valence-electron chi connectivity index (χ3n) is 4.76. The van der Waals surface area contributed by atoms with Crippen LogP contribution >= 0.6 is 12.4 Å². The summed E-state index contributed by atoms with van der Waals surface area (Å²) in [7, 11) is -3.88. The van der Waals surface area contributed by atoms with Gasteiger partial charge in [0, 0.05) is 29.4 Å². The SMILES string of the molecule is Cl.N#Cc1ccccc1S(=O)(=O)Nc1cccc(-c2ccc([C@H]3C[C@@H]3N)cn2)c1. The first-order chi connectivity index (χ1) is 13.5. The maximum absolute atomic E-state index is 12.7. The Morgan fingerprint density at radius 2 is 1.86 bits per heavy atom. The van der Waals surface area contributed by atoms with E-state index in [1.165, 1.54) is 12.1 Å². The summed E-state index contributed by atoms with van der Waals surface area (Å²) in [6.45, 7) is 0. The molecular weight excluding hydrogens is 408 g/mol. The number of hydrogen-bond donors (Lipinski definition) is 2. The van der Waals surface area contributed by atoms with Gasteiger partial charge in [-0.05, 0) is 42.3 Å². The Morgan fingerprint density at radius 1 is 1.10 bits per heavy atom. The number of nitriles is 1. The van der Waals surface area contributed by atoms with Crippen LogP contribution in [0.5, 0.6) is 0 Å². The van der Waals surface area contributed by atoms with E-state index in [-0.39, 0.29) is 28.9 Å². The number of pyridine rings is 1. The molecule has 6 nitrogen and oxygen atoms in total. The Balaban J connectivity index is 0.00000240. The monoisotopic (exact) mass is 426 g/mol. The molecule has 2 atom stereocenters. The fourth-order valence-corrected chi connectivity index (χ4v) is 4.35. The zero-order chi connectivity index (χ0) is 19.7. The van der Waals surface area contributed by atoms with Crippen LogP contribution in [0.2, 0.25) is 0 Å². The smallest absolute Gasteiger partial charge is 0.263 e. The summed E-state index contributed by atoms with van der Waals surface area (Å²) in [5, 5.41) is 9.16. The van der Waals surface area contributed by atoms with Gasteiger partial charge in [0.15, 0.2) is 0 Å². The summed E-state index contributed by atoms with van der Waals surface area (Å²) >= 11 is 0. The van der Waals surface area contributed by atoms with Gasteiger partial charge < -0.3 is 5.73 Å². The highest BCUT2D eigenvalue weighted by Crippen LogP contribution is 2.39. The Labute approximate surface area is 175 Å². The zero-order valence-electron chi connectivity index (χ0n) is 15.3. The molecule has 29 heavy (non-hydrogen) atoms. The second kappa shape index (κ2) is 8.21. The van der Waals surface area contributed by atoms with Crippen molar-refractivity contribution in [3.8, 4) is 17.3 Å². The summed E-state index contributed by atoms with van der Waals surface area (Å²) in [5.74, 6) is 0.389. The van der Waals surface area contributed by atoms with Crippen molar-refractivity contribution in [1.82, 2.24) is 4.98 Å². The van der Waals surface area contributed by atoms with Crippen molar-refractivity contribution in [3.05, 3.63) is 78.0 Å². The van der Waals surface area contributed by atoms with E-state index in [0.29, 0.717) is 11.6 Å². The molecule has 2 aromatic carbocycles. The van der Waals surface area contributed by atoms with Gasteiger partial charge >= 0.3 is 0 Å². The van der Waals surface area contributed by atoms with E-state index in [4.69, 9.17) is 11.0 Å². The lowest BCUT2D eigenvalue weighted by molar-refractivity contribution is 0.601. The number of sulfonamides is 1. The largest absolute Gasteiger partial charge is 0.327 e. The Hall–Kier alpha value is -2.92. The normalized spacial score (nSPS) is 17.7. The van der Waals surface area contributed by atoms with Crippen molar-refractivity contribution in [2.24, 2.45) is 5.73 Å². The summed E-state index contributed by atoms with van der Waals surface area (Å²) < 4.78 is 27.9. The van der Waals surface area contributed by atoms with Crippen LogP contribution in [0.15, 0.2) is 71.8 Å². The minimum Gasteiger partial charge on any atom is -0.327 e. The molecule has 3 aromatic rings. The third kappa shape index (κ3) is 4.40. The standard InChI is InChI=1S/C21H18N4O2S.ClH/c22-12-15-4-1-2-7-21(15)28(26,27)25-17-6-3-5-14(10-17)20-9-8-16(13-24-20)18-11-19(18)23;/h1-10,13,18-19,25H,11,23H2;1H/t18-,19+;/m1./s1. The van der Waals surface area contributed by atoms with Crippen molar-refractivity contribution in [1.29, 1.82) is 5.26 Å². The molecular formula is C21H19ClN4O2S. The fourth-order valence-electron chi connectivity index (χ4n) is 3.14. The summed E-state index contributed by atoms with van der Waals surface area (Å²) in [5.41, 5.74) is 9.05. The molecule has 148 valence electrons. The van der Waals surface area contributed by atoms with Crippen molar-refractivity contribution in [2.45, 2.75) is 23.3 Å². The quantitative estimate of drug-likeness (QED) is 0.647. The van der Waals surface area contributed by atoms with Crippen molar-refractivity contribution in [3.63, 3.8) is 0 Å². The summed E-state index contributed by atoms with van der Waals surface area (Å²) in [6, 6.07) is 19.2. The number of rotatable bonds is 5. The molecule has 0 spiro atoms. The predicted octanol–water partition coefficient (Wildman–Crippen LogP) is 3.66. The number of benzene rings is 2. The minimum atomic E-state index is -3.88. The van der Waals surface area contributed by atoms with Gasteiger partial charge in [-0.25, -0.2) is 8.42 Å². The second-order valence-electron chi connectivity index (χ2n) is 6.78. The summed E-state index contributed by atoms with van der Waals surface area (Å²) in [6.07, 6.45) is 2.81. The zero-order valence-corrected chi connectivity index (χ0v) is 17.0. The molecule has 1 aliphatic rings. The maximum atomic E-state index is 12.7. The number of anilines is 1. The number of aromatic nitrogens is 1. The van der Waals surface area contributed by atoms with Gasteiger partial charge in [0.1, 0.15) is 11.0 Å². The van der Waals surface area contributed by atoms with Crippen LogP contribution in [0.1, 0.15) is 23.5 Å². The average Bonchev–Trinajstić information content (AvgIpc) is 3.44. The van der Waals surface area contributed by atoms with Crippen molar-refractivity contribution < 1.29 is 8.42 Å². The minimum absolute atomic E-state index is 0. The molecule has 0 radical (unpaired) electrons. The fraction of sp³-hybridized carbons (Fsp3) is 0.143. The molecule has 0 aliphatic heterocycles. The Kier molecular flexibility index (Phi) is 5.89. The molecule has 4 rings (SSSR count). The first-order valence-electron chi connectivity index (χ1n) is 8.82. The topological polar surface area (TPSA) is 109 Å². The molecule has 0 bridgehead atoms. The van der Waals surface area contributed by atoms with E-state index >= 15 is 0 Å². The van der Waals surface area contributed by atoms with Gasteiger partial charge in [-0.3, -0.25) is 9.71 Å². The van der Waals surface area contributed by atoms with Crippen molar-refractivity contribution in [2.75, 3.05) is 4.72 Å². The molecule has 3 N–H and O–H groups in total. The third-order valence-corrected chi connectivity index (χ3v) is 6.20.